The van der Waals surface area contributed by atoms with E-state index in [2.05, 4.69) is 4.98 Å². The van der Waals surface area contributed by atoms with Crippen LogP contribution in [0.3, 0.4) is 0 Å². The molecule has 3 aromatic rings. The average Bonchev–Trinajstić information content (AvgIpc) is 3.48. The summed E-state index contributed by atoms with van der Waals surface area (Å²) in [6.45, 7) is 0.496. The monoisotopic (exact) mass is 456 g/mol. The van der Waals surface area contributed by atoms with E-state index in [-0.39, 0.29) is 18.6 Å². The van der Waals surface area contributed by atoms with Gasteiger partial charge in [0.15, 0.2) is 18.1 Å². The Bertz CT molecular complexity index is 1040. The van der Waals surface area contributed by atoms with Crippen LogP contribution in [0, 0.1) is 0 Å². The first kappa shape index (κ1) is 22.0. The summed E-state index contributed by atoms with van der Waals surface area (Å²) in [4.78, 5) is 19.2. The molecule has 0 spiro atoms. The summed E-state index contributed by atoms with van der Waals surface area (Å²) in [5.41, 5.74) is 1.08. The Balaban J connectivity index is 1.42. The summed E-state index contributed by atoms with van der Waals surface area (Å²) in [6.07, 6.45) is 4.01. The SMILES string of the molecule is COc1cccc(OC)c1OCC(=O)N1CCC[C@@H]1c1ncc(Cc2ccc(Cl)cc2)o1. The number of carbonyl (C=O) groups is 1. The summed E-state index contributed by atoms with van der Waals surface area (Å²) in [7, 11) is 3.09. The van der Waals surface area contributed by atoms with Crippen LogP contribution in [0.4, 0.5) is 0 Å². The van der Waals surface area contributed by atoms with Crippen molar-refractivity contribution in [3.05, 3.63) is 70.9 Å². The van der Waals surface area contributed by atoms with Crippen molar-refractivity contribution >= 4 is 17.5 Å². The van der Waals surface area contributed by atoms with Crippen molar-refractivity contribution < 1.29 is 23.4 Å². The van der Waals surface area contributed by atoms with Gasteiger partial charge in [-0.15, -0.1) is 0 Å². The van der Waals surface area contributed by atoms with E-state index in [9.17, 15) is 4.79 Å². The van der Waals surface area contributed by atoms with Gasteiger partial charge in [-0.25, -0.2) is 4.98 Å². The number of rotatable bonds is 8. The van der Waals surface area contributed by atoms with Gasteiger partial charge in [0.25, 0.3) is 5.91 Å². The highest BCUT2D eigenvalue weighted by molar-refractivity contribution is 6.30. The van der Waals surface area contributed by atoms with E-state index in [1.165, 1.54) is 0 Å². The second-order valence-electron chi connectivity index (χ2n) is 7.49. The Kier molecular flexibility index (Phi) is 6.85. The highest BCUT2D eigenvalue weighted by Gasteiger charge is 2.33. The van der Waals surface area contributed by atoms with Crippen molar-refractivity contribution in [3.63, 3.8) is 0 Å². The molecular formula is C24H25ClN2O5. The van der Waals surface area contributed by atoms with Crippen LogP contribution in [0.2, 0.25) is 5.02 Å². The lowest BCUT2D eigenvalue weighted by molar-refractivity contribution is -0.134. The normalized spacial score (nSPS) is 15.6. The zero-order chi connectivity index (χ0) is 22.5. The van der Waals surface area contributed by atoms with Gasteiger partial charge >= 0.3 is 0 Å². The van der Waals surface area contributed by atoms with E-state index in [1.807, 2.05) is 24.3 Å². The Morgan fingerprint density at radius 2 is 1.88 bits per heavy atom. The number of nitrogens with zero attached hydrogens (tertiary/aromatic N) is 2. The van der Waals surface area contributed by atoms with E-state index in [1.54, 1.807) is 43.5 Å². The Hall–Kier alpha value is -3.19. The molecule has 8 heteroatoms. The zero-order valence-corrected chi connectivity index (χ0v) is 18.8. The Morgan fingerprint density at radius 1 is 1.16 bits per heavy atom. The third-order valence-corrected chi connectivity index (χ3v) is 5.70. The minimum atomic E-state index is -0.204. The molecule has 1 atom stereocenters. The number of ether oxygens (including phenoxy) is 3. The predicted octanol–water partition coefficient (Wildman–Crippen LogP) is 4.68. The van der Waals surface area contributed by atoms with Crippen molar-refractivity contribution in [2.45, 2.75) is 25.3 Å². The van der Waals surface area contributed by atoms with Crippen LogP contribution in [0.5, 0.6) is 17.2 Å². The first-order valence-corrected chi connectivity index (χ1v) is 10.8. The minimum Gasteiger partial charge on any atom is -0.493 e. The van der Waals surface area contributed by atoms with E-state index < -0.39 is 0 Å². The molecule has 1 aliphatic rings. The summed E-state index contributed by atoms with van der Waals surface area (Å²) in [5.74, 6) is 2.58. The van der Waals surface area contributed by atoms with E-state index in [4.69, 9.17) is 30.2 Å². The molecule has 1 amide bonds. The van der Waals surface area contributed by atoms with Crippen LogP contribution in [0.25, 0.3) is 0 Å². The quantitative estimate of drug-likeness (QED) is 0.490. The number of oxazole rings is 1. The number of hydrogen-bond donors (Lipinski definition) is 0. The second-order valence-corrected chi connectivity index (χ2v) is 7.93. The van der Waals surface area contributed by atoms with Gasteiger partial charge in [0.2, 0.25) is 11.6 Å². The van der Waals surface area contributed by atoms with Gasteiger partial charge in [-0.1, -0.05) is 29.8 Å². The summed E-state index contributed by atoms with van der Waals surface area (Å²) >= 11 is 5.95. The maximum absolute atomic E-state index is 13.0. The molecule has 1 aromatic heterocycles. The lowest BCUT2D eigenvalue weighted by Gasteiger charge is -2.23. The summed E-state index contributed by atoms with van der Waals surface area (Å²) in [6, 6.07) is 12.7. The summed E-state index contributed by atoms with van der Waals surface area (Å²) < 4.78 is 22.5. The van der Waals surface area contributed by atoms with Crippen molar-refractivity contribution in [2.24, 2.45) is 0 Å². The molecule has 2 aromatic carbocycles. The van der Waals surface area contributed by atoms with Crippen molar-refractivity contribution in [2.75, 3.05) is 27.4 Å². The Morgan fingerprint density at radius 3 is 2.56 bits per heavy atom. The van der Waals surface area contributed by atoms with Gasteiger partial charge in [0.1, 0.15) is 11.8 Å². The lowest BCUT2D eigenvalue weighted by atomic mass is 10.1. The summed E-state index contributed by atoms with van der Waals surface area (Å²) in [5, 5.41) is 0.695. The molecule has 0 unspecified atom stereocenters. The third kappa shape index (κ3) is 4.83. The van der Waals surface area contributed by atoms with Crippen LogP contribution in [0.1, 0.15) is 36.1 Å². The first-order chi connectivity index (χ1) is 15.6. The maximum atomic E-state index is 13.0. The number of likely N-dealkylation sites (tertiary alicyclic amines) is 1. The molecule has 1 aliphatic heterocycles. The molecule has 0 N–H and O–H groups in total. The first-order valence-electron chi connectivity index (χ1n) is 10.4. The van der Waals surface area contributed by atoms with Gasteiger partial charge in [0.05, 0.1) is 20.4 Å². The van der Waals surface area contributed by atoms with Crippen LogP contribution in [0.15, 0.2) is 53.1 Å². The van der Waals surface area contributed by atoms with Crippen LogP contribution in [-0.2, 0) is 11.2 Å². The minimum absolute atomic E-state index is 0.133. The van der Waals surface area contributed by atoms with Gasteiger partial charge in [0, 0.05) is 18.0 Å². The van der Waals surface area contributed by atoms with Gasteiger partial charge in [-0.2, -0.15) is 0 Å². The molecule has 168 valence electrons. The molecule has 32 heavy (non-hydrogen) atoms. The van der Waals surface area contributed by atoms with Crippen molar-refractivity contribution in [1.82, 2.24) is 9.88 Å². The maximum Gasteiger partial charge on any atom is 0.261 e. The molecule has 7 nitrogen and oxygen atoms in total. The lowest BCUT2D eigenvalue weighted by Crippen LogP contribution is -2.34. The number of hydrogen-bond acceptors (Lipinski definition) is 6. The van der Waals surface area contributed by atoms with Crippen LogP contribution in [-0.4, -0.2) is 43.2 Å². The standard InChI is InChI=1S/C24H25ClN2O5/c1-29-20-6-3-7-21(30-2)23(20)31-15-22(28)27-12-4-5-19(27)24-26-14-18(32-24)13-16-8-10-17(25)11-9-16/h3,6-11,14,19H,4-5,12-13,15H2,1-2H3/t19-/m1/s1. The number of methoxy groups -OCH3 is 2. The Labute approximate surface area is 191 Å². The smallest absolute Gasteiger partial charge is 0.261 e. The van der Waals surface area contributed by atoms with Gasteiger partial charge in [-0.05, 0) is 42.7 Å². The number of benzene rings is 2. The fourth-order valence-corrected chi connectivity index (χ4v) is 3.99. The van der Waals surface area contributed by atoms with E-state index in [0.717, 1.165) is 24.2 Å². The second kappa shape index (κ2) is 9.96. The molecule has 0 saturated carbocycles. The van der Waals surface area contributed by atoms with Gasteiger partial charge in [-0.3, -0.25) is 4.79 Å². The number of halogens is 1. The topological polar surface area (TPSA) is 74.0 Å². The molecule has 0 bridgehead atoms. The highest BCUT2D eigenvalue weighted by Crippen LogP contribution is 2.37. The molecule has 1 saturated heterocycles. The van der Waals surface area contributed by atoms with Crippen LogP contribution >= 0.6 is 11.6 Å². The molecule has 2 heterocycles. The van der Waals surface area contributed by atoms with Gasteiger partial charge < -0.3 is 23.5 Å². The third-order valence-electron chi connectivity index (χ3n) is 5.44. The van der Waals surface area contributed by atoms with Crippen LogP contribution < -0.4 is 14.2 Å². The predicted molar refractivity (Wildman–Crippen MR) is 119 cm³/mol. The number of para-hydroxylation sites is 1. The largest absolute Gasteiger partial charge is 0.493 e. The molecule has 4 rings (SSSR count). The zero-order valence-electron chi connectivity index (χ0n) is 18.0. The molecular weight excluding hydrogens is 432 g/mol. The fourth-order valence-electron chi connectivity index (χ4n) is 3.86. The highest BCUT2D eigenvalue weighted by atomic mass is 35.5. The van der Waals surface area contributed by atoms with E-state index >= 15 is 0 Å². The van der Waals surface area contributed by atoms with E-state index in [0.29, 0.717) is 41.1 Å². The van der Waals surface area contributed by atoms with Crippen molar-refractivity contribution in [1.29, 1.82) is 0 Å². The van der Waals surface area contributed by atoms with Crippen molar-refractivity contribution in [3.8, 4) is 17.2 Å². The number of carbonyl (C=O) groups excluding carboxylic acids is 1. The molecule has 1 fully saturated rings. The average molecular weight is 457 g/mol. The fraction of sp³-hybridized carbons (Fsp3) is 0.333. The number of amides is 1. The molecule has 0 aliphatic carbocycles. The molecule has 0 radical (unpaired) electrons. The number of aromatic nitrogens is 1.